The summed E-state index contributed by atoms with van der Waals surface area (Å²) in [6.07, 6.45) is 4.38. The van der Waals surface area contributed by atoms with E-state index in [0.717, 1.165) is 70.4 Å². The van der Waals surface area contributed by atoms with Gasteiger partial charge in [-0.1, -0.05) is 36.8 Å². The molecule has 1 heterocycles. The van der Waals surface area contributed by atoms with E-state index in [9.17, 15) is 8.42 Å². The summed E-state index contributed by atoms with van der Waals surface area (Å²) >= 11 is 0. The molecule has 4 rings (SSSR count). The van der Waals surface area contributed by atoms with E-state index >= 15 is 0 Å². The summed E-state index contributed by atoms with van der Waals surface area (Å²) in [7, 11) is -3.26. The van der Waals surface area contributed by atoms with Crippen molar-refractivity contribution < 1.29 is 8.42 Å². The first kappa shape index (κ1) is 20.4. The van der Waals surface area contributed by atoms with Gasteiger partial charge in [0.15, 0.2) is 9.84 Å². The Hall–Kier alpha value is -1.85. The van der Waals surface area contributed by atoms with Gasteiger partial charge in [-0.3, -0.25) is 4.90 Å². The monoisotopic (exact) mass is 412 g/mol. The zero-order valence-electron chi connectivity index (χ0n) is 17.4. The zero-order chi connectivity index (χ0) is 20.3. The number of hydrogen-bond acceptors (Lipinski definition) is 4. The highest BCUT2D eigenvalue weighted by Gasteiger charge is 2.48. The molecule has 2 fully saturated rings. The van der Waals surface area contributed by atoms with Crippen LogP contribution < -0.4 is 4.90 Å². The van der Waals surface area contributed by atoms with Crippen molar-refractivity contribution in [1.29, 1.82) is 0 Å². The molecule has 4 nitrogen and oxygen atoms in total. The second-order valence-corrected chi connectivity index (χ2v) is 11.0. The molecule has 2 aromatic rings. The van der Waals surface area contributed by atoms with E-state index in [1.54, 1.807) is 6.07 Å². The summed E-state index contributed by atoms with van der Waals surface area (Å²) in [6, 6.07) is 18.0. The van der Waals surface area contributed by atoms with Crippen LogP contribution in [0.3, 0.4) is 0 Å². The normalized spacial score (nSPS) is 19.7. The SMILES string of the molecule is Cc1cccc(S(=O)(=O)C2(CCCN3CCN(c4ccccc4)CC3)CCC2)c1. The van der Waals surface area contributed by atoms with Gasteiger partial charge in [-0.05, 0) is 69.0 Å². The van der Waals surface area contributed by atoms with Gasteiger partial charge < -0.3 is 4.90 Å². The number of anilines is 1. The predicted octanol–water partition coefficient (Wildman–Crippen LogP) is 4.29. The third-order valence-electron chi connectivity index (χ3n) is 6.74. The van der Waals surface area contributed by atoms with Gasteiger partial charge in [-0.15, -0.1) is 0 Å². The summed E-state index contributed by atoms with van der Waals surface area (Å²) in [5.41, 5.74) is 2.31. The minimum Gasteiger partial charge on any atom is -0.369 e. The fourth-order valence-corrected chi connectivity index (χ4v) is 7.09. The molecule has 0 unspecified atom stereocenters. The molecule has 0 amide bonds. The number of nitrogens with zero attached hydrogens (tertiary/aromatic N) is 2. The summed E-state index contributed by atoms with van der Waals surface area (Å²) in [6.45, 7) is 7.13. The molecule has 0 spiro atoms. The number of rotatable bonds is 7. The van der Waals surface area contributed by atoms with Crippen molar-refractivity contribution in [2.24, 2.45) is 0 Å². The number of piperazine rings is 1. The summed E-state index contributed by atoms with van der Waals surface area (Å²) in [4.78, 5) is 5.44. The molecule has 2 aromatic carbocycles. The highest BCUT2D eigenvalue weighted by molar-refractivity contribution is 7.93. The Morgan fingerprint density at radius 2 is 1.66 bits per heavy atom. The molecule has 0 bridgehead atoms. The van der Waals surface area contributed by atoms with Gasteiger partial charge in [0.25, 0.3) is 0 Å². The van der Waals surface area contributed by atoms with Crippen molar-refractivity contribution in [2.75, 3.05) is 37.6 Å². The summed E-state index contributed by atoms with van der Waals surface area (Å²) in [5.74, 6) is 0. The Morgan fingerprint density at radius 1 is 0.931 bits per heavy atom. The van der Waals surface area contributed by atoms with E-state index < -0.39 is 14.6 Å². The lowest BCUT2D eigenvalue weighted by molar-refractivity contribution is 0.234. The molecule has 1 aliphatic heterocycles. The maximum absolute atomic E-state index is 13.4. The number of sulfone groups is 1. The van der Waals surface area contributed by atoms with Gasteiger partial charge in [0.1, 0.15) is 0 Å². The Bertz CT molecular complexity index is 915. The Labute approximate surface area is 175 Å². The molecule has 156 valence electrons. The topological polar surface area (TPSA) is 40.6 Å². The zero-order valence-corrected chi connectivity index (χ0v) is 18.2. The minimum absolute atomic E-state index is 0.508. The van der Waals surface area contributed by atoms with Crippen molar-refractivity contribution >= 4 is 15.5 Å². The molecular formula is C24H32N2O2S. The quantitative estimate of drug-likeness (QED) is 0.680. The molecule has 5 heteroatoms. The second-order valence-electron chi connectivity index (χ2n) is 8.62. The highest BCUT2D eigenvalue weighted by Crippen LogP contribution is 2.46. The lowest BCUT2D eigenvalue weighted by Gasteiger charge is -2.42. The minimum atomic E-state index is -3.26. The van der Waals surface area contributed by atoms with Gasteiger partial charge in [0, 0.05) is 31.9 Å². The van der Waals surface area contributed by atoms with Gasteiger partial charge in [0.05, 0.1) is 9.64 Å². The molecule has 0 aromatic heterocycles. The van der Waals surface area contributed by atoms with Gasteiger partial charge in [-0.2, -0.15) is 0 Å². The smallest absolute Gasteiger partial charge is 0.184 e. The van der Waals surface area contributed by atoms with Gasteiger partial charge >= 0.3 is 0 Å². The molecule has 1 aliphatic carbocycles. The number of benzene rings is 2. The standard InChI is InChI=1S/C24H32N2O2S/c1-21-8-5-11-23(20-21)29(27,28)24(12-6-13-24)14-7-15-25-16-18-26(19-17-25)22-9-3-2-4-10-22/h2-5,8-11,20H,6-7,12-19H2,1H3. The summed E-state index contributed by atoms with van der Waals surface area (Å²) in [5, 5.41) is 0. The van der Waals surface area contributed by atoms with Crippen LogP contribution in [-0.4, -0.2) is 50.8 Å². The van der Waals surface area contributed by atoms with Crippen LogP contribution in [0.1, 0.15) is 37.7 Å². The molecule has 2 aliphatic rings. The van der Waals surface area contributed by atoms with Crippen LogP contribution in [0.5, 0.6) is 0 Å². The fourth-order valence-electron chi connectivity index (χ4n) is 4.75. The third kappa shape index (κ3) is 4.22. The average molecular weight is 413 g/mol. The molecule has 0 N–H and O–H groups in total. The lowest BCUT2D eigenvalue weighted by atomic mass is 9.81. The van der Waals surface area contributed by atoms with Gasteiger partial charge in [0.2, 0.25) is 0 Å². The predicted molar refractivity (Wildman–Crippen MR) is 119 cm³/mol. The van der Waals surface area contributed by atoms with Crippen molar-refractivity contribution in [3.8, 4) is 0 Å². The van der Waals surface area contributed by atoms with E-state index in [2.05, 4.69) is 40.1 Å². The van der Waals surface area contributed by atoms with Crippen LogP contribution in [0.2, 0.25) is 0 Å². The first-order valence-corrected chi connectivity index (χ1v) is 12.3. The molecular weight excluding hydrogens is 380 g/mol. The second kappa shape index (κ2) is 8.49. The molecule has 1 saturated carbocycles. The van der Waals surface area contributed by atoms with Gasteiger partial charge in [-0.25, -0.2) is 8.42 Å². The van der Waals surface area contributed by atoms with Crippen molar-refractivity contribution in [3.63, 3.8) is 0 Å². The number of hydrogen-bond donors (Lipinski definition) is 0. The van der Waals surface area contributed by atoms with E-state index in [1.807, 2.05) is 25.1 Å². The van der Waals surface area contributed by atoms with Crippen LogP contribution in [0.4, 0.5) is 5.69 Å². The Morgan fingerprint density at radius 3 is 2.28 bits per heavy atom. The average Bonchev–Trinajstić information content (AvgIpc) is 2.71. The van der Waals surface area contributed by atoms with E-state index in [1.165, 1.54) is 5.69 Å². The van der Waals surface area contributed by atoms with Crippen LogP contribution in [0.25, 0.3) is 0 Å². The fraction of sp³-hybridized carbons (Fsp3) is 0.500. The largest absolute Gasteiger partial charge is 0.369 e. The first-order valence-electron chi connectivity index (χ1n) is 10.8. The maximum Gasteiger partial charge on any atom is 0.184 e. The van der Waals surface area contributed by atoms with Crippen LogP contribution in [0, 0.1) is 6.92 Å². The highest BCUT2D eigenvalue weighted by atomic mass is 32.2. The molecule has 1 saturated heterocycles. The first-order chi connectivity index (χ1) is 14.0. The lowest BCUT2D eigenvalue weighted by Crippen LogP contribution is -2.48. The third-order valence-corrected chi connectivity index (χ3v) is 9.36. The molecule has 0 atom stereocenters. The Kier molecular flexibility index (Phi) is 5.98. The van der Waals surface area contributed by atoms with Crippen molar-refractivity contribution in [3.05, 3.63) is 60.2 Å². The molecule has 0 radical (unpaired) electrons. The van der Waals surface area contributed by atoms with Crippen LogP contribution in [-0.2, 0) is 9.84 Å². The van der Waals surface area contributed by atoms with Crippen LogP contribution in [0.15, 0.2) is 59.5 Å². The Balaban J connectivity index is 1.32. The van der Waals surface area contributed by atoms with Crippen LogP contribution >= 0.6 is 0 Å². The van der Waals surface area contributed by atoms with Crippen molar-refractivity contribution in [2.45, 2.75) is 48.7 Å². The number of aryl methyl sites for hydroxylation is 1. The maximum atomic E-state index is 13.4. The van der Waals surface area contributed by atoms with E-state index in [-0.39, 0.29) is 0 Å². The number of para-hydroxylation sites is 1. The van der Waals surface area contributed by atoms with Crippen molar-refractivity contribution in [1.82, 2.24) is 4.90 Å². The van der Waals surface area contributed by atoms with E-state index in [4.69, 9.17) is 0 Å². The molecule has 29 heavy (non-hydrogen) atoms. The summed E-state index contributed by atoms with van der Waals surface area (Å²) < 4.78 is 26.2. The van der Waals surface area contributed by atoms with E-state index in [0.29, 0.717) is 4.90 Å².